The predicted molar refractivity (Wildman–Crippen MR) is 176 cm³/mol. The number of halogens is 3. The van der Waals surface area contributed by atoms with Crippen molar-refractivity contribution >= 4 is 29.7 Å². The molecule has 0 spiro atoms. The third kappa shape index (κ3) is 12.6. The Morgan fingerprint density at radius 2 is 1.71 bits per heavy atom. The molecular formula is C35H44F3N5O6. The van der Waals surface area contributed by atoms with Gasteiger partial charge in [-0.2, -0.15) is 13.2 Å². The minimum atomic E-state index is -4.64. The van der Waals surface area contributed by atoms with Crippen molar-refractivity contribution in [1.29, 1.82) is 0 Å². The number of carbonyl (C=O) groups is 5. The van der Waals surface area contributed by atoms with E-state index in [1.165, 1.54) is 18.2 Å². The van der Waals surface area contributed by atoms with Gasteiger partial charge in [-0.1, -0.05) is 68.0 Å². The third-order valence-corrected chi connectivity index (χ3v) is 7.92. The molecule has 1 aliphatic rings. The number of amides is 5. The number of carbonyl (C=O) groups excluding carboxylic acids is 5. The number of nitrogens with one attached hydrogen (secondary N) is 5. The highest BCUT2D eigenvalue weighted by molar-refractivity contribution is 5.93. The molecule has 2 aromatic rings. The Kier molecular flexibility index (Phi) is 14.2. The van der Waals surface area contributed by atoms with Gasteiger partial charge in [0.2, 0.25) is 17.7 Å². The standard InChI is InChI=1S/C35H44F3N5O6/c1-21(2)30(33(47)49-4)43-34(48)42-28(20-24-11-8-12-25(18-24)35(36,37)38)32(46)41-27-13-5-6-16-39-29(44)15-14-26(40-31(27)45)19-23-10-7-9-22(3)17-23/h7-12,14-15,17-18,21,26-28,30H,5-6,13,16,19-20H2,1-4H3,(H,39,44)(H,40,45)(H,41,46)(H2,42,43,48)/b15-14+/t26-,27+,28+,30+/m1/s1. The lowest BCUT2D eigenvalue weighted by molar-refractivity contribution is -0.144. The molecular weight excluding hydrogens is 643 g/mol. The highest BCUT2D eigenvalue weighted by Gasteiger charge is 2.33. The van der Waals surface area contributed by atoms with E-state index < -0.39 is 59.7 Å². The van der Waals surface area contributed by atoms with Crippen molar-refractivity contribution in [1.82, 2.24) is 26.6 Å². The van der Waals surface area contributed by atoms with Gasteiger partial charge in [-0.3, -0.25) is 14.4 Å². The number of hydrogen-bond acceptors (Lipinski definition) is 6. The third-order valence-electron chi connectivity index (χ3n) is 7.92. The average Bonchev–Trinajstić information content (AvgIpc) is 3.03. The molecule has 0 fully saturated rings. The highest BCUT2D eigenvalue weighted by Crippen LogP contribution is 2.29. The fraction of sp³-hybridized carbons (Fsp3) is 0.457. The number of urea groups is 1. The van der Waals surface area contributed by atoms with Crippen LogP contribution in [0, 0.1) is 12.8 Å². The average molecular weight is 688 g/mol. The second-order valence-corrected chi connectivity index (χ2v) is 12.3. The maximum Gasteiger partial charge on any atom is 0.416 e. The van der Waals surface area contributed by atoms with Crippen molar-refractivity contribution < 1.29 is 41.9 Å². The summed E-state index contributed by atoms with van der Waals surface area (Å²) in [6.45, 7) is 5.61. The molecule has 14 heteroatoms. The first-order chi connectivity index (χ1) is 23.2. The summed E-state index contributed by atoms with van der Waals surface area (Å²) in [4.78, 5) is 65.1. The summed E-state index contributed by atoms with van der Waals surface area (Å²) in [6.07, 6.45) is -0.599. The van der Waals surface area contributed by atoms with Crippen molar-refractivity contribution in [3.63, 3.8) is 0 Å². The molecule has 0 saturated heterocycles. The van der Waals surface area contributed by atoms with Gasteiger partial charge in [0, 0.05) is 19.0 Å². The molecule has 2 aromatic carbocycles. The molecule has 5 N–H and O–H groups in total. The Balaban J connectivity index is 1.88. The van der Waals surface area contributed by atoms with Gasteiger partial charge in [-0.05, 0) is 55.7 Å². The molecule has 3 rings (SSSR count). The zero-order valence-corrected chi connectivity index (χ0v) is 28.0. The van der Waals surface area contributed by atoms with Crippen LogP contribution in [0.5, 0.6) is 0 Å². The van der Waals surface area contributed by atoms with Crippen molar-refractivity contribution in [2.75, 3.05) is 13.7 Å². The number of aryl methyl sites for hydroxylation is 1. The van der Waals surface area contributed by atoms with E-state index in [2.05, 4.69) is 26.6 Å². The van der Waals surface area contributed by atoms with Crippen LogP contribution >= 0.6 is 0 Å². The lowest BCUT2D eigenvalue weighted by Crippen LogP contribution is -2.58. The summed E-state index contributed by atoms with van der Waals surface area (Å²) in [5.41, 5.74) is 1.09. The fourth-order valence-electron chi connectivity index (χ4n) is 5.32. The van der Waals surface area contributed by atoms with E-state index >= 15 is 0 Å². The fourth-order valence-corrected chi connectivity index (χ4v) is 5.32. The number of alkyl halides is 3. The Morgan fingerprint density at radius 1 is 1.00 bits per heavy atom. The van der Waals surface area contributed by atoms with Crippen molar-refractivity contribution in [3.05, 3.63) is 82.9 Å². The summed E-state index contributed by atoms with van der Waals surface area (Å²) in [5, 5.41) is 13.3. The zero-order valence-electron chi connectivity index (χ0n) is 28.0. The van der Waals surface area contributed by atoms with Gasteiger partial charge in [0.05, 0.1) is 18.7 Å². The van der Waals surface area contributed by atoms with Crippen molar-refractivity contribution in [2.45, 2.75) is 83.2 Å². The Morgan fingerprint density at radius 3 is 2.39 bits per heavy atom. The topological polar surface area (TPSA) is 155 Å². The molecule has 0 saturated carbocycles. The summed E-state index contributed by atoms with van der Waals surface area (Å²) >= 11 is 0. The van der Waals surface area contributed by atoms with Gasteiger partial charge in [0.15, 0.2) is 0 Å². The Hall–Kier alpha value is -4.88. The molecule has 1 heterocycles. The largest absolute Gasteiger partial charge is 0.467 e. The Bertz CT molecular complexity index is 1510. The lowest BCUT2D eigenvalue weighted by Gasteiger charge is -2.26. The highest BCUT2D eigenvalue weighted by atomic mass is 19.4. The summed E-state index contributed by atoms with van der Waals surface area (Å²) in [6, 6.07) is 6.87. The minimum absolute atomic E-state index is 0.103. The maximum atomic E-state index is 13.8. The maximum absolute atomic E-state index is 13.8. The second kappa shape index (κ2) is 18.0. The number of esters is 1. The van der Waals surface area contributed by atoms with Crippen LogP contribution in [0.2, 0.25) is 0 Å². The van der Waals surface area contributed by atoms with E-state index in [-0.39, 0.29) is 30.2 Å². The van der Waals surface area contributed by atoms with Gasteiger partial charge in [0.25, 0.3) is 0 Å². The molecule has 0 aliphatic carbocycles. The lowest BCUT2D eigenvalue weighted by atomic mass is 10.0. The number of hydrogen-bond donors (Lipinski definition) is 5. The molecule has 49 heavy (non-hydrogen) atoms. The SMILES string of the molecule is COC(=O)[C@@H](NC(=O)N[C@@H](Cc1cccc(C(F)(F)F)c1)C(=O)N[C@H]1CCCCNC(=O)/C=C/[C@H](Cc2cccc(C)c2)NC1=O)C(C)C. The van der Waals surface area contributed by atoms with Crippen LogP contribution in [0.3, 0.4) is 0 Å². The van der Waals surface area contributed by atoms with Crippen molar-refractivity contribution in [2.24, 2.45) is 5.92 Å². The monoisotopic (exact) mass is 687 g/mol. The van der Waals surface area contributed by atoms with E-state index in [1.54, 1.807) is 19.9 Å². The second-order valence-electron chi connectivity index (χ2n) is 12.3. The van der Waals surface area contributed by atoms with Crippen LogP contribution in [0.15, 0.2) is 60.7 Å². The molecule has 5 amide bonds. The van der Waals surface area contributed by atoms with Crippen LogP contribution in [0.1, 0.15) is 55.4 Å². The molecule has 0 radical (unpaired) electrons. The first kappa shape index (κ1) is 38.6. The number of methoxy groups -OCH3 is 1. The smallest absolute Gasteiger partial charge is 0.416 e. The van der Waals surface area contributed by atoms with Gasteiger partial charge < -0.3 is 31.3 Å². The summed E-state index contributed by atoms with van der Waals surface area (Å²) < 4.78 is 45.2. The zero-order chi connectivity index (χ0) is 36.1. The number of benzene rings is 2. The number of rotatable bonds is 10. The van der Waals surface area contributed by atoms with E-state index in [4.69, 9.17) is 4.74 Å². The molecule has 0 bridgehead atoms. The molecule has 266 valence electrons. The van der Waals surface area contributed by atoms with Crippen molar-refractivity contribution in [3.8, 4) is 0 Å². The van der Waals surface area contributed by atoms with Crippen LogP contribution in [-0.2, 0) is 42.9 Å². The minimum Gasteiger partial charge on any atom is -0.467 e. The molecule has 0 aromatic heterocycles. The van der Waals surface area contributed by atoms with Crippen LogP contribution in [0.4, 0.5) is 18.0 Å². The van der Waals surface area contributed by atoms with Crippen LogP contribution in [0.25, 0.3) is 0 Å². The van der Waals surface area contributed by atoms with E-state index in [0.717, 1.165) is 30.4 Å². The van der Waals surface area contributed by atoms with Crippen LogP contribution < -0.4 is 26.6 Å². The normalized spacial score (nSPS) is 19.2. The number of ether oxygens (including phenoxy) is 1. The van der Waals surface area contributed by atoms with Gasteiger partial charge >= 0.3 is 18.2 Å². The Labute approximate surface area is 283 Å². The first-order valence-electron chi connectivity index (χ1n) is 16.1. The molecule has 11 nitrogen and oxygen atoms in total. The van der Waals surface area contributed by atoms with E-state index in [0.29, 0.717) is 25.8 Å². The summed E-state index contributed by atoms with van der Waals surface area (Å²) in [7, 11) is 1.16. The quantitative estimate of drug-likeness (QED) is 0.241. The van der Waals surface area contributed by atoms with E-state index in [1.807, 2.05) is 31.2 Å². The van der Waals surface area contributed by atoms with Crippen LogP contribution in [-0.4, -0.2) is 67.5 Å². The van der Waals surface area contributed by atoms with E-state index in [9.17, 15) is 37.1 Å². The summed E-state index contributed by atoms with van der Waals surface area (Å²) in [5.74, 6) is -2.77. The molecule has 0 unspecified atom stereocenters. The molecule has 4 atom stereocenters. The molecule has 1 aliphatic heterocycles. The van der Waals surface area contributed by atoms with Gasteiger partial charge in [-0.25, -0.2) is 9.59 Å². The predicted octanol–water partition coefficient (Wildman–Crippen LogP) is 3.49. The van der Waals surface area contributed by atoms with Gasteiger partial charge in [0.1, 0.15) is 18.1 Å². The first-order valence-corrected chi connectivity index (χ1v) is 16.1. The van der Waals surface area contributed by atoms with Gasteiger partial charge in [-0.15, -0.1) is 0 Å².